The summed E-state index contributed by atoms with van der Waals surface area (Å²) in [4.78, 5) is 0. The lowest BCUT2D eigenvalue weighted by molar-refractivity contribution is 0.482. The maximum absolute atomic E-state index is 13.7. The van der Waals surface area contributed by atoms with Gasteiger partial charge in [-0.15, -0.1) is 0 Å². The summed E-state index contributed by atoms with van der Waals surface area (Å²) in [7, 11) is 1.75. The first kappa shape index (κ1) is 16.0. The van der Waals surface area contributed by atoms with Gasteiger partial charge in [0, 0.05) is 10.5 Å². The topological polar surface area (TPSA) is 12.0 Å². The van der Waals surface area contributed by atoms with Crippen molar-refractivity contribution in [3.05, 3.63) is 69.4 Å². The molecule has 1 N–H and O–H groups in total. The zero-order valence-electron chi connectivity index (χ0n) is 11.5. The van der Waals surface area contributed by atoms with E-state index < -0.39 is 11.6 Å². The summed E-state index contributed by atoms with van der Waals surface area (Å²) in [6.07, 6.45) is 0.844. The van der Waals surface area contributed by atoms with Crippen molar-refractivity contribution in [1.82, 2.24) is 5.32 Å². The van der Waals surface area contributed by atoms with Gasteiger partial charge < -0.3 is 5.32 Å². The summed E-state index contributed by atoms with van der Waals surface area (Å²) in [5.74, 6) is -2.00. The van der Waals surface area contributed by atoms with Gasteiger partial charge in [-0.2, -0.15) is 0 Å². The maximum Gasteiger partial charge on any atom is 0.162 e. The molecule has 0 heterocycles. The van der Waals surface area contributed by atoms with Gasteiger partial charge in [0.2, 0.25) is 0 Å². The van der Waals surface area contributed by atoms with Crippen LogP contribution in [0.4, 0.5) is 13.2 Å². The fourth-order valence-electron chi connectivity index (χ4n) is 2.26. The van der Waals surface area contributed by atoms with Gasteiger partial charge >= 0.3 is 0 Å². The lowest BCUT2D eigenvalue weighted by Gasteiger charge is -2.17. The van der Waals surface area contributed by atoms with Crippen molar-refractivity contribution >= 4 is 15.9 Å². The van der Waals surface area contributed by atoms with Crippen molar-refractivity contribution in [1.29, 1.82) is 0 Å². The van der Waals surface area contributed by atoms with Crippen LogP contribution in [0, 0.1) is 17.5 Å². The van der Waals surface area contributed by atoms with Crippen LogP contribution < -0.4 is 5.32 Å². The molecule has 21 heavy (non-hydrogen) atoms. The molecule has 0 aliphatic heterocycles. The first-order valence-corrected chi connectivity index (χ1v) is 7.34. The van der Waals surface area contributed by atoms with Crippen LogP contribution in [0.5, 0.6) is 0 Å². The Kier molecular flexibility index (Phi) is 5.42. The fourth-order valence-corrected chi connectivity index (χ4v) is 2.77. The standard InChI is InChI=1S/C16H15BrF3N/c1-21-14(7-10-5-12(17)9-13(18)6-10)8-11-3-2-4-15(19)16(11)20/h2-6,9,14,21H,7-8H2,1H3. The van der Waals surface area contributed by atoms with Gasteiger partial charge in [0.1, 0.15) is 5.82 Å². The highest BCUT2D eigenvalue weighted by molar-refractivity contribution is 9.10. The van der Waals surface area contributed by atoms with Crippen LogP contribution >= 0.6 is 15.9 Å². The van der Waals surface area contributed by atoms with Crippen molar-refractivity contribution < 1.29 is 13.2 Å². The first-order valence-electron chi connectivity index (χ1n) is 6.54. The van der Waals surface area contributed by atoms with Gasteiger partial charge in [-0.3, -0.25) is 0 Å². The third-order valence-corrected chi connectivity index (χ3v) is 3.77. The highest BCUT2D eigenvalue weighted by atomic mass is 79.9. The van der Waals surface area contributed by atoms with Crippen LogP contribution in [-0.2, 0) is 12.8 Å². The zero-order valence-corrected chi connectivity index (χ0v) is 13.1. The Morgan fingerprint density at radius 1 is 1.10 bits per heavy atom. The lowest BCUT2D eigenvalue weighted by atomic mass is 9.98. The molecule has 0 aliphatic carbocycles. The van der Waals surface area contributed by atoms with Crippen LogP contribution in [0.2, 0.25) is 0 Å². The van der Waals surface area contributed by atoms with Crippen molar-refractivity contribution in [3.63, 3.8) is 0 Å². The SMILES string of the molecule is CNC(Cc1cc(F)cc(Br)c1)Cc1cccc(F)c1F. The highest BCUT2D eigenvalue weighted by Gasteiger charge is 2.14. The molecule has 1 nitrogen and oxygen atoms in total. The Bertz CT molecular complexity index is 611. The molecule has 1 atom stereocenters. The van der Waals surface area contributed by atoms with Crippen molar-refractivity contribution in [2.45, 2.75) is 18.9 Å². The minimum absolute atomic E-state index is 0.116. The summed E-state index contributed by atoms with van der Waals surface area (Å²) >= 11 is 3.24. The third-order valence-electron chi connectivity index (χ3n) is 3.31. The number of rotatable bonds is 5. The molecule has 5 heteroatoms. The number of likely N-dealkylation sites (N-methyl/N-ethyl adjacent to an activating group) is 1. The minimum Gasteiger partial charge on any atom is -0.316 e. The van der Waals surface area contributed by atoms with E-state index in [9.17, 15) is 13.2 Å². The van der Waals surface area contributed by atoms with Crippen LogP contribution in [0.3, 0.4) is 0 Å². The average Bonchev–Trinajstić information content (AvgIpc) is 2.42. The van der Waals surface area contributed by atoms with Crippen LogP contribution in [-0.4, -0.2) is 13.1 Å². The maximum atomic E-state index is 13.7. The molecule has 2 aromatic carbocycles. The second-order valence-electron chi connectivity index (χ2n) is 4.88. The summed E-state index contributed by atoms with van der Waals surface area (Å²) in [6.45, 7) is 0. The highest BCUT2D eigenvalue weighted by Crippen LogP contribution is 2.18. The van der Waals surface area contributed by atoms with Gasteiger partial charge in [-0.1, -0.05) is 28.1 Å². The van der Waals surface area contributed by atoms with Crippen LogP contribution in [0.25, 0.3) is 0 Å². The molecule has 0 fully saturated rings. The second-order valence-corrected chi connectivity index (χ2v) is 5.80. The van der Waals surface area contributed by atoms with E-state index >= 15 is 0 Å². The minimum atomic E-state index is -0.851. The van der Waals surface area contributed by atoms with Crippen LogP contribution in [0.1, 0.15) is 11.1 Å². The van der Waals surface area contributed by atoms with E-state index in [1.807, 2.05) is 6.07 Å². The predicted octanol–water partition coefficient (Wildman–Crippen LogP) is 4.24. The molecular weight excluding hydrogens is 343 g/mol. The predicted molar refractivity (Wildman–Crippen MR) is 80.7 cm³/mol. The smallest absolute Gasteiger partial charge is 0.162 e. The molecule has 0 bridgehead atoms. The molecule has 0 saturated carbocycles. The van der Waals surface area contributed by atoms with Crippen molar-refractivity contribution in [2.75, 3.05) is 7.05 Å². The summed E-state index contributed by atoms with van der Waals surface area (Å²) in [5.41, 5.74) is 1.10. The van der Waals surface area contributed by atoms with E-state index in [0.717, 1.165) is 11.6 Å². The molecule has 0 aliphatic rings. The molecule has 112 valence electrons. The normalized spacial score (nSPS) is 12.4. The van der Waals surface area contributed by atoms with Crippen LogP contribution in [0.15, 0.2) is 40.9 Å². The summed E-state index contributed by atoms with van der Waals surface area (Å²) in [6, 6.07) is 8.66. The number of halogens is 4. The van der Waals surface area contributed by atoms with Gasteiger partial charge in [-0.25, -0.2) is 13.2 Å². The quantitative estimate of drug-likeness (QED) is 0.843. The van der Waals surface area contributed by atoms with E-state index in [4.69, 9.17) is 0 Å². The molecular formula is C16H15BrF3N. The van der Waals surface area contributed by atoms with Gasteiger partial charge in [-0.05, 0) is 55.3 Å². The second kappa shape index (κ2) is 7.09. The zero-order chi connectivity index (χ0) is 15.4. The fraction of sp³-hybridized carbons (Fsp3) is 0.250. The average molecular weight is 358 g/mol. The molecule has 0 amide bonds. The number of benzene rings is 2. The Labute approximate surface area is 130 Å². The van der Waals surface area contributed by atoms with E-state index in [1.165, 1.54) is 18.2 Å². The summed E-state index contributed by atoms with van der Waals surface area (Å²) < 4.78 is 40.9. The number of hydrogen-bond acceptors (Lipinski definition) is 1. The summed E-state index contributed by atoms with van der Waals surface area (Å²) in [5, 5.41) is 3.06. The monoisotopic (exact) mass is 357 g/mol. The van der Waals surface area contributed by atoms with Gasteiger partial charge in [0.05, 0.1) is 0 Å². The third kappa shape index (κ3) is 4.32. The Hall–Kier alpha value is -1.33. The molecule has 0 radical (unpaired) electrons. The molecule has 2 aromatic rings. The van der Waals surface area contributed by atoms with Gasteiger partial charge in [0.15, 0.2) is 11.6 Å². The number of hydrogen-bond donors (Lipinski definition) is 1. The molecule has 0 saturated heterocycles. The number of nitrogens with one attached hydrogen (secondary N) is 1. The molecule has 1 unspecified atom stereocenters. The van der Waals surface area contributed by atoms with Crippen molar-refractivity contribution in [3.8, 4) is 0 Å². The first-order chi connectivity index (χ1) is 9.99. The molecule has 0 aromatic heterocycles. The Morgan fingerprint density at radius 3 is 2.52 bits per heavy atom. The molecule has 0 spiro atoms. The van der Waals surface area contributed by atoms with E-state index in [1.54, 1.807) is 13.1 Å². The van der Waals surface area contributed by atoms with Crippen molar-refractivity contribution in [2.24, 2.45) is 0 Å². The van der Waals surface area contributed by atoms with E-state index in [2.05, 4.69) is 21.2 Å². The Morgan fingerprint density at radius 2 is 1.86 bits per heavy atom. The largest absolute Gasteiger partial charge is 0.316 e. The van der Waals surface area contributed by atoms with E-state index in [-0.39, 0.29) is 11.9 Å². The Balaban J connectivity index is 2.15. The lowest BCUT2D eigenvalue weighted by Crippen LogP contribution is -2.30. The van der Waals surface area contributed by atoms with Gasteiger partial charge in [0.25, 0.3) is 0 Å². The molecule has 2 rings (SSSR count). The van der Waals surface area contributed by atoms with E-state index in [0.29, 0.717) is 22.9 Å².